The minimum Gasteiger partial charge on any atom is -0.368 e. The normalized spacial score (nSPS) is 10.1. The molecule has 1 aromatic rings. The summed E-state index contributed by atoms with van der Waals surface area (Å²) >= 11 is 0. The summed E-state index contributed by atoms with van der Waals surface area (Å²) in [7, 11) is 0. The van der Waals surface area contributed by atoms with Gasteiger partial charge in [0.15, 0.2) is 0 Å². The summed E-state index contributed by atoms with van der Waals surface area (Å²) in [4.78, 5) is 11.4. The van der Waals surface area contributed by atoms with Crippen LogP contribution in [0.5, 0.6) is 0 Å². The quantitative estimate of drug-likeness (QED) is 0.638. The van der Waals surface area contributed by atoms with Crippen molar-refractivity contribution in [3.63, 3.8) is 0 Å². The SMILES string of the molecule is CC(C)Nc1ncnc(N)n1. The summed E-state index contributed by atoms with van der Waals surface area (Å²) in [5.74, 6) is 0.760. The molecule has 0 saturated carbocycles. The van der Waals surface area contributed by atoms with Gasteiger partial charge in [0.2, 0.25) is 11.9 Å². The molecular formula is C6H11N5. The van der Waals surface area contributed by atoms with Gasteiger partial charge in [0.05, 0.1) is 0 Å². The number of nitrogens with zero attached hydrogens (tertiary/aromatic N) is 3. The molecule has 1 heterocycles. The number of nitrogens with one attached hydrogen (secondary N) is 1. The van der Waals surface area contributed by atoms with Gasteiger partial charge in [-0.1, -0.05) is 0 Å². The lowest BCUT2D eigenvalue weighted by Crippen LogP contribution is -2.13. The number of aromatic nitrogens is 3. The van der Waals surface area contributed by atoms with E-state index in [4.69, 9.17) is 5.73 Å². The number of hydrogen-bond donors (Lipinski definition) is 2. The Labute approximate surface area is 65.1 Å². The molecule has 0 aliphatic carbocycles. The maximum absolute atomic E-state index is 5.33. The number of nitrogen functional groups attached to an aromatic ring is 1. The third kappa shape index (κ3) is 2.37. The molecule has 0 saturated heterocycles. The van der Waals surface area contributed by atoms with Crippen LogP contribution in [0.25, 0.3) is 0 Å². The highest BCUT2D eigenvalue weighted by Crippen LogP contribution is 1.98. The average Bonchev–Trinajstić information content (AvgIpc) is 1.85. The molecule has 0 aliphatic rings. The molecule has 1 aromatic heterocycles. The summed E-state index contributed by atoms with van der Waals surface area (Å²) in [5.41, 5.74) is 5.33. The molecule has 1 rings (SSSR count). The van der Waals surface area contributed by atoms with E-state index < -0.39 is 0 Å². The Morgan fingerprint density at radius 2 is 2.18 bits per heavy atom. The molecule has 11 heavy (non-hydrogen) atoms. The summed E-state index contributed by atoms with van der Waals surface area (Å²) < 4.78 is 0. The molecule has 0 unspecified atom stereocenters. The second-order valence-corrected chi connectivity index (χ2v) is 2.47. The maximum Gasteiger partial charge on any atom is 0.227 e. The second-order valence-electron chi connectivity index (χ2n) is 2.47. The van der Waals surface area contributed by atoms with E-state index in [0.29, 0.717) is 12.0 Å². The van der Waals surface area contributed by atoms with Gasteiger partial charge in [0.1, 0.15) is 6.33 Å². The zero-order valence-corrected chi connectivity index (χ0v) is 6.57. The lowest BCUT2D eigenvalue weighted by atomic mass is 10.4. The monoisotopic (exact) mass is 153 g/mol. The molecule has 0 atom stereocenters. The van der Waals surface area contributed by atoms with Gasteiger partial charge < -0.3 is 11.1 Å². The van der Waals surface area contributed by atoms with Crippen LogP contribution in [0.1, 0.15) is 13.8 Å². The second kappa shape index (κ2) is 3.14. The first-order valence-corrected chi connectivity index (χ1v) is 3.39. The molecule has 0 bridgehead atoms. The highest BCUT2D eigenvalue weighted by molar-refractivity contribution is 5.29. The number of hydrogen-bond acceptors (Lipinski definition) is 5. The van der Waals surface area contributed by atoms with Gasteiger partial charge in [0, 0.05) is 6.04 Å². The van der Waals surface area contributed by atoms with E-state index in [2.05, 4.69) is 20.3 Å². The number of nitrogens with two attached hydrogens (primary N) is 1. The molecule has 60 valence electrons. The lowest BCUT2D eigenvalue weighted by molar-refractivity contribution is 0.868. The predicted molar refractivity (Wildman–Crippen MR) is 43.0 cm³/mol. The molecule has 0 fully saturated rings. The van der Waals surface area contributed by atoms with Crippen molar-refractivity contribution >= 4 is 11.9 Å². The van der Waals surface area contributed by atoms with Crippen LogP contribution in [0, 0.1) is 0 Å². The topological polar surface area (TPSA) is 76.7 Å². The van der Waals surface area contributed by atoms with Crippen molar-refractivity contribution in [3.05, 3.63) is 6.33 Å². The van der Waals surface area contributed by atoms with Gasteiger partial charge in [-0.05, 0) is 13.8 Å². The van der Waals surface area contributed by atoms with E-state index in [0.717, 1.165) is 0 Å². The van der Waals surface area contributed by atoms with Crippen LogP contribution in [0.2, 0.25) is 0 Å². The zero-order chi connectivity index (χ0) is 8.27. The van der Waals surface area contributed by atoms with Gasteiger partial charge in [-0.25, -0.2) is 9.97 Å². The van der Waals surface area contributed by atoms with Crippen LogP contribution >= 0.6 is 0 Å². The average molecular weight is 153 g/mol. The minimum absolute atomic E-state index is 0.239. The van der Waals surface area contributed by atoms with Crippen molar-refractivity contribution in [2.75, 3.05) is 11.1 Å². The first kappa shape index (κ1) is 7.71. The summed E-state index contributed by atoms with van der Waals surface area (Å²) in [6.07, 6.45) is 1.38. The van der Waals surface area contributed by atoms with Gasteiger partial charge in [-0.2, -0.15) is 4.98 Å². The van der Waals surface area contributed by atoms with Crippen molar-refractivity contribution in [2.45, 2.75) is 19.9 Å². The van der Waals surface area contributed by atoms with E-state index in [1.165, 1.54) is 6.33 Å². The maximum atomic E-state index is 5.33. The molecule has 3 N–H and O–H groups in total. The first-order chi connectivity index (χ1) is 5.18. The van der Waals surface area contributed by atoms with Crippen molar-refractivity contribution < 1.29 is 0 Å². The van der Waals surface area contributed by atoms with Crippen molar-refractivity contribution in [2.24, 2.45) is 0 Å². The third-order valence-electron chi connectivity index (χ3n) is 1.01. The Morgan fingerprint density at radius 3 is 2.73 bits per heavy atom. The van der Waals surface area contributed by atoms with Gasteiger partial charge >= 0.3 is 0 Å². The smallest absolute Gasteiger partial charge is 0.227 e. The number of rotatable bonds is 2. The Morgan fingerprint density at radius 1 is 1.45 bits per heavy atom. The molecule has 0 spiro atoms. The van der Waals surface area contributed by atoms with Crippen LogP contribution in [0.15, 0.2) is 6.33 Å². The minimum atomic E-state index is 0.239. The first-order valence-electron chi connectivity index (χ1n) is 3.39. The fourth-order valence-corrected chi connectivity index (χ4v) is 0.637. The Hall–Kier alpha value is -1.39. The Balaban J connectivity index is 2.71. The van der Waals surface area contributed by atoms with Crippen molar-refractivity contribution in [1.82, 2.24) is 15.0 Å². The van der Waals surface area contributed by atoms with E-state index in [1.807, 2.05) is 13.8 Å². The summed E-state index contributed by atoms with van der Waals surface area (Å²) in [6.45, 7) is 4.00. The molecule has 5 nitrogen and oxygen atoms in total. The van der Waals surface area contributed by atoms with Crippen LogP contribution < -0.4 is 11.1 Å². The summed E-state index contributed by atoms with van der Waals surface area (Å²) in [6, 6.07) is 0.303. The van der Waals surface area contributed by atoms with Gasteiger partial charge in [-0.3, -0.25) is 0 Å². The molecule has 5 heteroatoms. The lowest BCUT2D eigenvalue weighted by Gasteiger charge is -2.06. The van der Waals surface area contributed by atoms with Gasteiger partial charge in [-0.15, -0.1) is 0 Å². The number of anilines is 2. The van der Waals surface area contributed by atoms with Crippen LogP contribution in [0.3, 0.4) is 0 Å². The summed E-state index contributed by atoms with van der Waals surface area (Å²) in [5, 5.41) is 3.00. The molecule has 0 aliphatic heterocycles. The zero-order valence-electron chi connectivity index (χ0n) is 6.57. The fourth-order valence-electron chi connectivity index (χ4n) is 0.637. The van der Waals surface area contributed by atoms with E-state index in [-0.39, 0.29) is 5.95 Å². The van der Waals surface area contributed by atoms with Crippen LogP contribution in [0.4, 0.5) is 11.9 Å². The molecular weight excluding hydrogens is 142 g/mol. The molecule has 0 aromatic carbocycles. The standard InChI is InChI=1S/C6H11N5/c1-4(2)10-6-9-3-8-5(7)11-6/h3-4H,1-2H3,(H3,7,8,9,10,11). The largest absolute Gasteiger partial charge is 0.368 e. The molecule has 0 amide bonds. The predicted octanol–water partition coefficient (Wildman–Crippen LogP) is 0.274. The molecule has 0 radical (unpaired) electrons. The van der Waals surface area contributed by atoms with Gasteiger partial charge in [0.25, 0.3) is 0 Å². The van der Waals surface area contributed by atoms with Crippen molar-refractivity contribution in [1.29, 1.82) is 0 Å². The van der Waals surface area contributed by atoms with Crippen molar-refractivity contribution in [3.8, 4) is 0 Å². The highest BCUT2D eigenvalue weighted by atomic mass is 15.2. The van der Waals surface area contributed by atoms with E-state index >= 15 is 0 Å². The van der Waals surface area contributed by atoms with Crippen LogP contribution in [-0.2, 0) is 0 Å². The Kier molecular flexibility index (Phi) is 2.20. The van der Waals surface area contributed by atoms with E-state index in [1.54, 1.807) is 0 Å². The fraction of sp³-hybridized carbons (Fsp3) is 0.500. The Bertz CT molecular complexity index is 234. The third-order valence-corrected chi connectivity index (χ3v) is 1.01. The van der Waals surface area contributed by atoms with Crippen LogP contribution in [-0.4, -0.2) is 21.0 Å². The highest BCUT2D eigenvalue weighted by Gasteiger charge is 1.97. The van der Waals surface area contributed by atoms with E-state index in [9.17, 15) is 0 Å².